The van der Waals surface area contributed by atoms with Crippen LogP contribution in [0, 0.1) is 0 Å². The minimum Gasteiger partial charge on any atom is -0.361 e. The Balaban J connectivity index is 1.44. The summed E-state index contributed by atoms with van der Waals surface area (Å²) < 4.78 is 39.0. The van der Waals surface area contributed by atoms with Gasteiger partial charge in [0.1, 0.15) is 0 Å². The highest BCUT2D eigenvalue weighted by Gasteiger charge is 2.30. The van der Waals surface area contributed by atoms with Crippen molar-refractivity contribution in [3.05, 3.63) is 89.9 Å². The van der Waals surface area contributed by atoms with E-state index in [1.165, 1.54) is 6.07 Å². The van der Waals surface area contributed by atoms with Gasteiger partial charge in [0.2, 0.25) is 0 Å². The van der Waals surface area contributed by atoms with Crippen molar-refractivity contribution in [1.29, 1.82) is 0 Å². The molecular formula is C23H18F3N3O. The summed E-state index contributed by atoms with van der Waals surface area (Å²) in [4.78, 5) is 19.6. The number of aromatic nitrogens is 2. The number of H-pyrrole nitrogens is 1. The van der Waals surface area contributed by atoms with Crippen molar-refractivity contribution in [3.63, 3.8) is 0 Å². The standard InChI is InChI=1S/C23H18F3N3O/c24-23(25,26)19-6-7-21-20(12-19)18(14-29-21)8-10-28-22(30)16-4-1-3-15(11-16)17-5-2-9-27-13-17/h1-7,9,11-14,29H,8,10H2,(H,28,30). The van der Waals surface area contributed by atoms with Crippen molar-refractivity contribution in [1.82, 2.24) is 15.3 Å². The minimum atomic E-state index is -4.39. The topological polar surface area (TPSA) is 57.8 Å². The average molecular weight is 409 g/mol. The molecule has 0 bridgehead atoms. The van der Waals surface area contributed by atoms with E-state index in [1.807, 2.05) is 18.2 Å². The van der Waals surface area contributed by atoms with Gasteiger partial charge in [-0.25, -0.2) is 0 Å². The highest BCUT2D eigenvalue weighted by atomic mass is 19.4. The number of carbonyl (C=O) groups excluding carboxylic acids is 1. The van der Waals surface area contributed by atoms with Crippen LogP contribution in [0.4, 0.5) is 13.2 Å². The molecule has 2 aromatic carbocycles. The Morgan fingerprint density at radius 2 is 1.87 bits per heavy atom. The molecule has 0 spiro atoms. The molecule has 0 aliphatic heterocycles. The largest absolute Gasteiger partial charge is 0.416 e. The number of amides is 1. The summed E-state index contributed by atoms with van der Waals surface area (Å²) in [7, 11) is 0. The van der Waals surface area contributed by atoms with Crippen LogP contribution in [0.15, 0.2) is 73.2 Å². The fourth-order valence-electron chi connectivity index (χ4n) is 3.35. The van der Waals surface area contributed by atoms with Gasteiger partial charge in [0.05, 0.1) is 5.56 Å². The number of nitrogens with zero attached hydrogens (tertiary/aromatic N) is 1. The fourth-order valence-corrected chi connectivity index (χ4v) is 3.35. The van der Waals surface area contributed by atoms with Gasteiger partial charge >= 0.3 is 6.18 Å². The van der Waals surface area contributed by atoms with E-state index in [9.17, 15) is 18.0 Å². The van der Waals surface area contributed by atoms with Gasteiger partial charge in [-0.2, -0.15) is 13.2 Å². The number of carbonyl (C=O) groups is 1. The van der Waals surface area contributed by atoms with Gasteiger partial charge in [-0.15, -0.1) is 0 Å². The van der Waals surface area contributed by atoms with Crippen molar-refractivity contribution < 1.29 is 18.0 Å². The molecule has 30 heavy (non-hydrogen) atoms. The van der Waals surface area contributed by atoms with Crippen molar-refractivity contribution in [2.24, 2.45) is 0 Å². The molecule has 7 heteroatoms. The number of hydrogen-bond donors (Lipinski definition) is 2. The number of hydrogen-bond acceptors (Lipinski definition) is 2. The molecule has 0 radical (unpaired) electrons. The van der Waals surface area contributed by atoms with Gasteiger partial charge in [-0.3, -0.25) is 9.78 Å². The monoisotopic (exact) mass is 409 g/mol. The first-order chi connectivity index (χ1) is 14.4. The van der Waals surface area contributed by atoms with E-state index in [4.69, 9.17) is 0 Å². The molecule has 0 unspecified atom stereocenters. The second kappa shape index (κ2) is 8.02. The summed E-state index contributed by atoms with van der Waals surface area (Å²) >= 11 is 0. The lowest BCUT2D eigenvalue weighted by Gasteiger charge is -2.08. The van der Waals surface area contributed by atoms with E-state index in [-0.39, 0.29) is 5.91 Å². The van der Waals surface area contributed by atoms with Gasteiger partial charge in [-0.05, 0) is 53.9 Å². The lowest BCUT2D eigenvalue weighted by atomic mass is 10.0. The molecule has 4 nitrogen and oxygen atoms in total. The first-order valence-corrected chi connectivity index (χ1v) is 9.38. The third-order valence-corrected chi connectivity index (χ3v) is 4.89. The molecule has 1 amide bonds. The maximum Gasteiger partial charge on any atom is 0.416 e. The predicted octanol–water partition coefficient (Wildman–Crippen LogP) is 5.22. The second-order valence-electron chi connectivity index (χ2n) is 6.90. The quantitative estimate of drug-likeness (QED) is 0.475. The van der Waals surface area contributed by atoms with Crippen LogP contribution in [0.2, 0.25) is 0 Å². The van der Waals surface area contributed by atoms with Crippen molar-refractivity contribution in [3.8, 4) is 11.1 Å². The molecule has 0 aliphatic rings. The number of alkyl halides is 3. The van der Waals surface area contributed by atoms with Crippen LogP contribution in [-0.4, -0.2) is 22.4 Å². The maximum atomic E-state index is 13.0. The average Bonchev–Trinajstić information content (AvgIpc) is 3.16. The highest BCUT2D eigenvalue weighted by Crippen LogP contribution is 2.32. The fraction of sp³-hybridized carbons (Fsp3) is 0.130. The van der Waals surface area contributed by atoms with Crippen LogP contribution in [0.1, 0.15) is 21.5 Å². The number of rotatable bonds is 5. The Bertz CT molecular complexity index is 1180. The minimum absolute atomic E-state index is 0.239. The summed E-state index contributed by atoms with van der Waals surface area (Å²) in [5.41, 5.74) is 2.97. The molecular weight excluding hydrogens is 391 g/mol. The second-order valence-corrected chi connectivity index (χ2v) is 6.90. The Labute approximate surface area is 170 Å². The molecule has 0 fully saturated rings. The predicted molar refractivity (Wildman–Crippen MR) is 109 cm³/mol. The highest BCUT2D eigenvalue weighted by molar-refractivity contribution is 5.95. The van der Waals surface area contributed by atoms with Crippen LogP contribution < -0.4 is 5.32 Å². The first kappa shape index (κ1) is 19.7. The van der Waals surface area contributed by atoms with Crippen molar-refractivity contribution >= 4 is 16.8 Å². The summed E-state index contributed by atoms with van der Waals surface area (Å²) in [5.74, 6) is -0.239. The van der Waals surface area contributed by atoms with Crippen LogP contribution in [-0.2, 0) is 12.6 Å². The van der Waals surface area contributed by atoms with E-state index in [0.29, 0.717) is 29.4 Å². The molecule has 2 N–H and O–H groups in total. The number of pyridine rings is 1. The summed E-state index contributed by atoms with van der Waals surface area (Å²) in [5, 5.41) is 3.35. The van der Waals surface area contributed by atoms with Gasteiger partial charge < -0.3 is 10.3 Å². The number of benzene rings is 2. The molecule has 2 aromatic heterocycles. The van der Waals surface area contributed by atoms with E-state index >= 15 is 0 Å². The Morgan fingerprint density at radius 3 is 2.63 bits per heavy atom. The van der Waals surface area contributed by atoms with Crippen LogP contribution >= 0.6 is 0 Å². The van der Waals surface area contributed by atoms with Crippen LogP contribution in [0.3, 0.4) is 0 Å². The number of halogens is 3. The van der Waals surface area contributed by atoms with Gasteiger partial charge in [0, 0.05) is 47.2 Å². The zero-order valence-electron chi connectivity index (χ0n) is 15.8. The third kappa shape index (κ3) is 4.20. The van der Waals surface area contributed by atoms with E-state index < -0.39 is 11.7 Å². The van der Waals surface area contributed by atoms with Gasteiger partial charge in [-0.1, -0.05) is 18.2 Å². The summed E-state index contributed by atoms with van der Waals surface area (Å²) in [6.45, 7) is 0.305. The van der Waals surface area contributed by atoms with Crippen LogP contribution in [0.5, 0.6) is 0 Å². The van der Waals surface area contributed by atoms with E-state index in [0.717, 1.165) is 28.8 Å². The molecule has 0 atom stereocenters. The van der Waals surface area contributed by atoms with E-state index in [1.54, 1.807) is 36.8 Å². The Hall–Kier alpha value is -3.61. The smallest absolute Gasteiger partial charge is 0.361 e. The maximum absolute atomic E-state index is 13.0. The third-order valence-electron chi connectivity index (χ3n) is 4.89. The van der Waals surface area contributed by atoms with Crippen molar-refractivity contribution in [2.45, 2.75) is 12.6 Å². The van der Waals surface area contributed by atoms with Crippen LogP contribution in [0.25, 0.3) is 22.0 Å². The number of aromatic amines is 1. The van der Waals surface area contributed by atoms with Crippen molar-refractivity contribution in [2.75, 3.05) is 6.54 Å². The molecule has 152 valence electrons. The molecule has 0 saturated carbocycles. The number of fused-ring (bicyclic) bond motifs is 1. The number of nitrogens with one attached hydrogen (secondary N) is 2. The first-order valence-electron chi connectivity index (χ1n) is 9.38. The lowest BCUT2D eigenvalue weighted by Crippen LogP contribution is -2.25. The molecule has 0 saturated heterocycles. The Morgan fingerprint density at radius 1 is 1.03 bits per heavy atom. The lowest BCUT2D eigenvalue weighted by molar-refractivity contribution is -0.137. The van der Waals surface area contributed by atoms with E-state index in [2.05, 4.69) is 15.3 Å². The molecule has 4 rings (SSSR count). The molecule has 0 aliphatic carbocycles. The zero-order valence-corrected chi connectivity index (χ0v) is 15.8. The zero-order chi connectivity index (χ0) is 21.1. The summed E-state index contributed by atoms with van der Waals surface area (Å²) in [6, 6.07) is 14.6. The van der Waals surface area contributed by atoms with Gasteiger partial charge in [0.25, 0.3) is 5.91 Å². The normalized spacial score (nSPS) is 11.6. The summed E-state index contributed by atoms with van der Waals surface area (Å²) in [6.07, 6.45) is 1.11. The molecule has 4 aromatic rings. The molecule has 2 heterocycles. The Kier molecular flexibility index (Phi) is 5.27. The SMILES string of the molecule is O=C(NCCc1c[nH]c2ccc(C(F)(F)F)cc12)c1cccc(-c2cccnc2)c1. The van der Waals surface area contributed by atoms with Gasteiger partial charge in [0.15, 0.2) is 0 Å².